The smallest absolute Gasteiger partial charge is 0.255 e. The summed E-state index contributed by atoms with van der Waals surface area (Å²) in [6.07, 6.45) is 2.08. The molecule has 1 heterocycles. The SMILES string of the molecule is CCNCc1ccc(-c2ccc(F)cc2)n(C2CC2)c1=O. The van der Waals surface area contributed by atoms with Crippen LogP contribution >= 0.6 is 0 Å². The van der Waals surface area contributed by atoms with Crippen LogP contribution in [0.1, 0.15) is 31.4 Å². The van der Waals surface area contributed by atoms with E-state index in [1.54, 1.807) is 12.1 Å². The molecule has 1 fully saturated rings. The third-order valence-electron chi connectivity index (χ3n) is 3.81. The zero-order valence-electron chi connectivity index (χ0n) is 12.1. The fourth-order valence-electron chi connectivity index (χ4n) is 2.54. The Morgan fingerprint density at radius 2 is 1.90 bits per heavy atom. The third kappa shape index (κ3) is 2.90. The van der Waals surface area contributed by atoms with E-state index in [1.807, 2.05) is 23.6 Å². The number of hydrogen-bond donors (Lipinski definition) is 1. The molecule has 0 atom stereocenters. The molecule has 0 bridgehead atoms. The van der Waals surface area contributed by atoms with Gasteiger partial charge in [0.2, 0.25) is 0 Å². The number of benzene rings is 1. The van der Waals surface area contributed by atoms with Gasteiger partial charge in [-0.2, -0.15) is 0 Å². The van der Waals surface area contributed by atoms with Crippen LogP contribution in [0.25, 0.3) is 11.3 Å². The lowest BCUT2D eigenvalue weighted by molar-refractivity contribution is 0.627. The summed E-state index contributed by atoms with van der Waals surface area (Å²) < 4.78 is 15.0. The Labute approximate surface area is 123 Å². The Hall–Kier alpha value is -1.94. The summed E-state index contributed by atoms with van der Waals surface area (Å²) in [4.78, 5) is 12.7. The van der Waals surface area contributed by atoms with Crippen LogP contribution in [0.3, 0.4) is 0 Å². The van der Waals surface area contributed by atoms with Crippen molar-refractivity contribution in [1.82, 2.24) is 9.88 Å². The molecule has 0 spiro atoms. The molecule has 1 N–H and O–H groups in total. The van der Waals surface area contributed by atoms with Crippen molar-refractivity contribution in [2.75, 3.05) is 6.54 Å². The second-order valence-electron chi connectivity index (χ2n) is 5.44. The summed E-state index contributed by atoms with van der Waals surface area (Å²) in [5.41, 5.74) is 2.62. The highest BCUT2D eigenvalue weighted by molar-refractivity contribution is 5.60. The molecule has 2 aromatic rings. The molecule has 3 rings (SSSR count). The van der Waals surface area contributed by atoms with E-state index < -0.39 is 0 Å². The first-order chi connectivity index (χ1) is 10.2. The predicted molar refractivity (Wildman–Crippen MR) is 81.7 cm³/mol. The molecule has 0 amide bonds. The maximum atomic E-state index is 13.1. The number of hydrogen-bond acceptors (Lipinski definition) is 2. The average molecular weight is 286 g/mol. The van der Waals surface area contributed by atoms with Gasteiger partial charge in [-0.3, -0.25) is 4.79 Å². The molecule has 1 aromatic heterocycles. The van der Waals surface area contributed by atoms with Gasteiger partial charge in [0.05, 0.1) is 5.69 Å². The molecule has 21 heavy (non-hydrogen) atoms. The van der Waals surface area contributed by atoms with Crippen molar-refractivity contribution in [2.45, 2.75) is 32.4 Å². The Morgan fingerprint density at radius 1 is 1.19 bits per heavy atom. The lowest BCUT2D eigenvalue weighted by atomic mass is 10.1. The molecule has 0 aliphatic heterocycles. The summed E-state index contributed by atoms with van der Waals surface area (Å²) in [6.45, 7) is 3.45. The topological polar surface area (TPSA) is 34.0 Å². The van der Waals surface area contributed by atoms with Crippen molar-refractivity contribution in [3.8, 4) is 11.3 Å². The summed E-state index contributed by atoms with van der Waals surface area (Å²) in [5.74, 6) is -0.261. The molecule has 1 aromatic carbocycles. The average Bonchev–Trinajstić information content (AvgIpc) is 3.31. The second kappa shape index (κ2) is 5.82. The molecule has 1 aliphatic rings. The zero-order valence-corrected chi connectivity index (χ0v) is 12.1. The minimum Gasteiger partial charge on any atom is -0.313 e. The van der Waals surface area contributed by atoms with Gasteiger partial charge >= 0.3 is 0 Å². The van der Waals surface area contributed by atoms with Gasteiger partial charge in [-0.05, 0) is 55.3 Å². The first-order valence-electron chi connectivity index (χ1n) is 7.41. The van der Waals surface area contributed by atoms with Crippen LogP contribution in [0.2, 0.25) is 0 Å². The molecular weight excluding hydrogens is 267 g/mol. The molecule has 1 saturated carbocycles. The molecular formula is C17H19FN2O. The Morgan fingerprint density at radius 3 is 2.52 bits per heavy atom. The summed E-state index contributed by atoms with van der Waals surface area (Å²) in [6, 6.07) is 10.5. The number of rotatable bonds is 5. The van der Waals surface area contributed by atoms with Crippen LogP contribution in [0.15, 0.2) is 41.2 Å². The van der Waals surface area contributed by atoms with E-state index in [2.05, 4.69) is 5.32 Å². The number of nitrogens with one attached hydrogen (secondary N) is 1. The fraction of sp³-hybridized carbons (Fsp3) is 0.353. The van der Waals surface area contributed by atoms with Crippen LogP contribution in [-0.4, -0.2) is 11.1 Å². The zero-order chi connectivity index (χ0) is 14.8. The van der Waals surface area contributed by atoms with E-state index in [4.69, 9.17) is 0 Å². The van der Waals surface area contributed by atoms with Crippen LogP contribution in [0, 0.1) is 5.82 Å². The van der Waals surface area contributed by atoms with Gasteiger partial charge in [0.1, 0.15) is 5.82 Å². The molecule has 0 radical (unpaired) electrons. The first-order valence-corrected chi connectivity index (χ1v) is 7.41. The predicted octanol–water partition coefficient (Wildman–Crippen LogP) is 3.10. The van der Waals surface area contributed by atoms with Gasteiger partial charge in [-0.15, -0.1) is 0 Å². The van der Waals surface area contributed by atoms with Crippen LogP contribution < -0.4 is 10.9 Å². The van der Waals surface area contributed by atoms with Gasteiger partial charge in [-0.1, -0.05) is 13.0 Å². The normalized spacial score (nSPS) is 14.4. The van der Waals surface area contributed by atoms with E-state index >= 15 is 0 Å². The molecule has 0 unspecified atom stereocenters. The summed E-state index contributed by atoms with van der Waals surface area (Å²) in [7, 11) is 0. The highest BCUT2D eigenvalue weighted by atomic mass is 19.1. The minimum atomic E-state index is -0.261. The number of pyridine rings is 1. The van der Waals surface area contributed by atoms with Gasteiger partial charge in [0.15, 0.2) is 0 Å². The van der Waals surface area contributed by atoms with E-state index in [0.717, 1.165) is 36.2 Å². The standard InChI is InChI=1S/C17H19FN2O/c1-2-19-11-13-5-10-16(12-3-6-14(18)7-4-12)20(17(13)21)15-8-9-15/h3-7,10,15,19H,2,8-9,11H2,1H3. The van der Waals surface area contributed by atoms with Crippen molar-refractivity contribution < 1.29 is 4.39 Å². The fourth-order valence-corrected chi connectivity index (χ4v) is 2.54. The van der Waals surface area contributed by atoms with Crippen molar-refractivity contribution in [1.29, 1.82) is 0 Å². The van der Waals surface area contributed by atoms with Crippen LogP contribution in [0.4, 0.5) is 4.39 Å². The third-order valence-corrected chi connectivity index (χ3v) is 3.81. The monoisotopic (exact) mass is 286 g/mol. The number of aromatic nitrogens is 1. The summed E-state index contributed by atoms with van der Waals surface area (Å²) >= 11 is 0. The second-order valence-corrected chi connectivity index (χ2v) is 5.44. The lowest BCUT2D eigenvalue weighted by Gasteiger charge is -2.14. The van der Waals surface area contributed by atoms with Gasteiger partial charge in [-0.25, -0.2) is 4.39 Å². The molecule has 3 nitrogen and oxygen atoms in total. The largest absolute Gasteiger partial charge is 0.313 e. The maximum absolute atomic E-state index is 13.1. The molecule has 1 aliphatic carbocycles. The first kappa shape index (κ1) is 14.0. The van der Waals surface area contributed by atoms with Crippen LogP contribution in [0.5, 0.6) is 0 Å². The Kier molecular flexibility index (Phi) is 3.88. The molecule has 4 heteroatoms. The van der Waals surface area contributed by atoms with Gasteiger partial charge < -0.3 is 9.88 Å². The Bertz CT molecular complexity index is 687. The van der Waals surface area contributed by atoms with Crippen LogP contribution in [-0.2, 0) is 6.54 Å². The highest BCUT2D eigenvalue weighted by Gasteiger charge is 2.27. The van der Waals surface area contributed by atoms with Crippen molar-refractivity contribution in [3.05, 3.63) is 58.1 Å². The van der Waals surface area contributed by atoms with Gasteiger partial charge in [0, 0.05) is 18.2 Å². The minimum absolute atomic E-state index is 0.0697. The quantitative estimate of drug-likeness (QED) is 0.916. The van der Waals surface area contributed by atoms with E-state index in [9.17, 15) is 9.18 Å². The van der Waals surface area contributed by atoms with E-state index in [1.165, 1.54) is 12.1 Å². The van der Waals surface area contributed by atoms with Crippen molar-refractivity contribution >= 4 is 0 Å². The summed E-state index contributed by atoms with van der Waals surface area (Å²) in [5, 5.41) is 3.20. The van der Waals surface area contributed by atoms with Gasteiger partial charge in [0.25, 0.3) is 5.56 Å². The maximum Gasteiger partial charge on any atom is 0.255 e. The van der Waals surface area contributed by atoms with E-state index in [-0.39, 0.29) is 11.4 Å². The molecule has 0 saturated heterocycles. The van der Waals surface area contributed by atoms with E-state index in [0.29, 0.717) is 12.6 Å². The highest BCUT2D eigenvalue weighted by Crippen LogP contribution is 2.37. The van der Waals surface area contributed by atoms with Crippen molar-refractivity contribution in [2.24, 2.45) is 0 Å². The number of halogens is 1. The Balaban J connectivity index is 2.06. The van der Waals surface area contributed by atoms with Crippen molar-refractivity contribution in [3.63, 3.8) is 0 Å². The number of nitrogens with zero attached hydrogens (tertiary/aromatic N) is 1. The molecule has 110 valence electrons. The lowest BCUT2D eigenvalue weighted by Crippen LogP contribution is -2.27.